The molecule has 0 aromatic carbocycles. The van der Waals surface area contributed by atoms with Gasteiger partial charge in [0.2, 0.25) is 12.2 Å². The van der Waals surface area contributed by atoms with E-state index in [2.05, 4.69) is 0 Å². The van der Waals surface area contributed by atoms with Crippen LogP contribution in [0.15, 0.2) is 0 Å². The average molecular weight is 88.1 g/mol. The molecular weight excluding hydrogens is 84.0 g/mol. The van der Waals surface area contributed by atoms with Crippen LogP contribution in [0.2, 0.25) is 0 Å². The highest BCUT2D eigenvalue weighted by atomic mass is 16.1. The number of nitrogens with one attached hydrogen (secondary N) is 2. The van der Waals surface area contributed by atoms with Gasteiger partial charge in [-0.25, -0.2) is 20.4 Å². The van der Waals surface area contributed by atoms with Crippen LogP contribution in [0, 0.1) is 10.8 Å². The fourth-order valence-electron chi connectivity index (χ4n) is 0. The molecule has 4 heteroatoms. The first-order valence-corrected chi connectivity index (χ1v) is 0.908. The Morgan fingerprint density at radius 1 is 1.17 bits per heavy atom. The second-order valence-corrected chi connectivity index (χ2v) is 0.204. The van der Waals surface area contributed by atoms with Crippen LogP contribution in [0.4, 0.5) is 0 Å². The van der Waals surface area contributed by atoms with E-state index in [0.29, 0.717) is 0 Å². The van der Waals surface area contributed by atoms with E-state index in [1.165, 1.54) is 0 Å². The summed E-state index contributed by atoms with van der Waals surface area (Å²) >= 11 is 0. The lowest BCUT2D eigenvalue weighted by atomic mass is 11.7. The van der Waals surface area contributed by atoms with Crippen LogP contribution in [-0.4, -0.2) is 12.2 Å². The van der Waals surface area contributed by atoms with Gasteiger partial charge in [0.05, 0.1) is 0 Å². The summed E-state index contributed by atoms with van der Waals surface area (Å²) in [6, 6.07) is 0. The fourth-order valence-corrected chi connectivity index (χ4v) is 0. The van der Waals surface area contributed by atoms with Crippen molar-refractivity contribution in [3.8, 4) is 0 Å². The predicted molar refractivity (Wildman–Crippen MR) is 18.9 cm³/mol. The minimum absolute atomic E-state index is 0. The molecule has 34 valence electrons. The minimum Gasteiger partial charge on any atom is -0.222 e. The van der Waals surface area contributed by atoms with Crippen LogP contribution < -0.4 is 0 Å². The second kappa shape index (κ2) is 49.6. The Hall–Kier alpha value is -1.24. The largest absolute Gasteiger partial charge is 0.231 e. The molecule has 0 aliphatic carbocycles. The Kier molecular flexibility index (Phi) is 73.0. The number of hydrogen-bond donors (Lipinski definition) is 2. The Bertz CT molecular complexity index is 67.7. The minimum atomic E-state index is 0. The highest BCUT2D eigenvalue weighted by molar-refractivity contribution is 5.26. The van der Waals surface area contributed by atoms with Crippen molar-refractivity contribution < 1.29 is 11.0 Å². The number of isocyanates is 2. The normalized spacial score (nSPS) is 2.67. The van der Waals surface area contributed by atoms with E-state index in [4.69, 9.17) is 20.4 Å². The summed E-state index contributed by atoms with van der Waals surface area (Å²) < 4.78 is 0. The maximum atomic E-state index is 8.35. The maximum absolute atomic E-state index is 8.35. The SMILES string of the molecule is N=C=O.N=C=O.[HH]. The predicted octanol–water partition coefficient (Wildman–Crippen LogP) is 0.0479. The van der Waals surface area contributed by atoms with Crippen LogP contribution in [0.5, 0.6) is 0 Å². The molecule has 0 aliphatic heterocycles. The number of hydrogen-bond acceptors (Lipinski definition) is 4. The summed E-state index contributed by atoms with van der Waals surface area (Å²) in [5.41, 5.74) is 0. The van der Waals surface area contributed by atoms with Gasteiger partial charge in [-0.15, -0.1) is 0 Å². The molecule has 0 saturated heterocycles. The van der Waals surface area contributed by atoms with Gasteiger partial charge in [0.1, 0.15) is 0 Å². The zero-order valence-corrected chi connectivity index (χ0v) is 2.82. The summed E-state index contributed by atoms with van der Waals surface area (Å²) in [6.45, 7) is 0. The van der Waals surface area contributed by atoms with Gasteiger partial charge in [-0.3, -0.25) is 0 Å². The monoisotopic (exact) mass is 88.0 g/mol. The van der Waals surface area contributed by atoms with Gasteiger partial charge in [0.15, 0.2) is 0 Å². The molecule has 0 rings (SSSR count). The molecule has 0 aliphatic rings. The molecule has 0 radical (unpaired) electrons. The Morgan fingerprint density at radius 2 is 1.17 bits per heavy atom. The molecule has 0 heterocycles. The number of carbonyl (C=O) groups excluding carboxylic acids is 2. The van der Waals surface area contributed by atoms with E-state index in [0.717, 1.165) is 12.2 Å². The Labute approximate surface area is 35.3 Å². The van der Waals surface area contributed by atoms with Crippen LogP contribution in [0.3, 0.4) is 0 Å². The van der Waals surface area contributed by atoms with E-state index < -0.39 is 0 Å². The molecule has 0 aromatic heterocycles. The highest BCUT2D eigenvalue weighted by Gasteiger charge is 1.04. The quantitative estimate of drug-likeness (QED) is 0.324. The van der Waals surface area contributed by atoms with Gasteiger partial charge >= 0.3 is 0 Å². The molecule has 2 N–H and O–H groups in total. The summed E-state index contributed by atoms with van der Waals surface area (Å²) in [4.78, 5) is 16.7. The van der Waals surface area contributed by atoms with E-state index in [1.54, 1.807) is 0 Å². The third-order valence-corrected chi connectivity index (χ3v) is 0. The standard InChI is InChI=1S/2CHNO.H2/c2*2-1-3;/h2*2H;1H. The zero-order valence-electron chi connectivity index (χ0n) is 2.82. The van der Waals surface area contributed by atoms with Crippen molar-refractivity contribution in [1.29, 1.82) is 10.8 Å². The van der Waals surface area contributed by atoms with E-state index in [1.807, 2.05) is 0 Å². The Morgan fingerprint density at radius 3 is 1.17 bits per heavy atom. The van der Waals surface area contributed by atoms with E-state index in [-0.39, 0.29) is 1.43 Å². The first kappa shape index (κ1) is 8.83. The molecule has 0 unspecified atom stereocenters. The molecule has 0 spiro atoms. The van der Waals surface area contributed by atoms with Gasteiger partial charge in [0.25, 0.3) is 0 Å². The fraction of sp³-hybridized carbons (Fsp3) is 0. The Balaban J connectivity index is -0.0000000400. The molecule has 0 atom stereocenters. The lowest BCUT2D eigenvalue weighted by Crippen LogP contribution is -1.16. The molecule has 0 amide bonds. The molecular formula is C2H4N2O2. The van der Waals surface area contributed by atoms with Gasteiger partial charge in [-0.1, -0.05) is 0 Å². The molecule has 0 saturated carbocycles. The summed E-state index contributed by atoms with van der Waals surface area (Å²) in [5, 5.41) is 10.8. The van der Waals surface area contributed by atoms with Crippen molar-refractivity contribution in [2.45, 2.75) is 0 Å². The zero-order chi connectivity index (χ0) is 5.41. The van der Waals surface area contributed by atoms with Crippen molar-refractivity contribution in [1.82, 2.24) is 0 Å². The van der Waals surface area contributed by atoms with Crippen LogP contribution in [0.25, 0.3) is 0 Å². The highest BCUT2D eigenvalue weighted by Crippen LogP contribution is 0.871. The maximum Gasteiger partial charge on any atom is 0.231 e. The molecule has 0 bridgehead atoms. The number of rotatable bonds is 0. The van der Waals surface area contributed by atoms with Gasteiger partial charge in [-0.2, -0.15) is 0 Å². The first-order chi connectivity index (χ1) is 2.83. The third-order valence-electron chi connectivity index (χ3n) is 0. The van der Waals surface area contributed by atoms with Gasteiger partial charge < -0.3 is 0 Å². The molecule has 6 heavy (non-hydrogen) atoms. The molecule has 0 aromatic rings. The average Bonchev–Trinajstić information content (AvgIpc) is 1.39. The van der Waals surface area contributed by atoms with E-state index >= 15 is 0 Å². The summed E-state index contributed by atoms with van der Waals surface area (Å²) in [7, 11) is 0. The van der Waals surface area contributed by atoms with Crippen LogP contribution >= 0.6 is 0 Å². The van der Waals surface area contributed by atoms with Crippen LogP contribution in [-0.2, 0) is 9.59 Å². The van der Waals surface area contributed by atoms with Crippen molar-refractivity contribution in [3.63, 3.8) is 0 Å². The lowest BCUT2D eigenvalue weighted by Gasteiger charge is -1.02. The first-order valence-electron chi connectivity index (χ1n) is 0.908. The summed E-state index contributed by atoms with van der Waals surface area (Å²) in [6.07, 6.45) is 1.50. The third kappa shape index (κ3) is 5.56. The topological polar surface area (TPSA) is 81.8 Å². The molecule has 0 fully saturated rings. The smallest absolute Gasteiger partial charge is 0.222 e. The van der Waals surface area contributed by atoms with Crippen LogP contribution in [0.1, 0.15) is 1.43 Å². The van der Waals surface area contributed by atoms with Crippen molar-refractivity contribution >= 4 is 12.2 Å². The van der Waals surface area contributed by atoms with Crippen molar-refractivity contribution in [3.05, 3.63) is 0 Å². The second-order valence-electron chi connectivity index (χ2n) is 0.204. The summed E-state index contributed by atoms with van der Waals surface area (Å²) in [5.74, 6) is 0. The molecule has 4 nitrogen and oxygen atoms in total. The van der Waals surface area contributed by atoms with Crippen molar-refractivity contribution in [2.75, 3.05) is 0 Å². The lowest BCUT2D eigenvalue weighted by molar-refractivity contribution is 0.562. The van der Waals surface area contributed by atoms with E-state index in [9.17, 15) is 0 Å². The van der Waals surface area contributed by atoms with Gasteiger partial charge in [0, 0.05) is 1.43 Å². The van der Waals surface area contributed by atoms with Gasteiger partial charge in [-0.05, 0) is 0 Å². The van der Waals surface area contributed by atoms with Crippen molar-refractivity contribution in [2.24, 2.45) is 0 Å².